The van der Waals surface area contributed by atoms with Gasteiger partial charge in [-0.3, -0.25) is 4.40 Å². The molecule has 0 saturated carbocycles. The third-order valence-electron chi connectivity index (χ3n) is 5.48. The van der Waals surface area contributed by atoms with Crippen molar-refractivity contribution < 1.29 is 12.8 Å². The maximum absolute atomic E-state index is 14.5. The van der Waals surface area contributed by atoms with Crippen molar-refractivity contribution >= 4 is 50.1 Å². The number of hydrogen-bond acceptors (Lipinski definition) is 8. The lowest BCUT2D eigenvalue weighted by atomic mass is 10.1. The van der Waals surface area contributed by atoms with Gasteiger partial charge in [0, 0.05) is 31.7 Å². The van der Waals surface area contributed by atoms with Gasteiger partial charge in [0.2, 0.25) is 5.95 Å². The SMILES string of the molecule is CS(=O)(=O)c1ccc(Nc2nccn3c(C4=CCN(c5ncc(Cl)cn5)CC4)cnc23)c(F)c1. The van der Waals surface area contributed by atoms with Crippen LogP contribution in [0.5, 0.6) is 0 Å². The number of aromatic nitrogens is 5. The molecule has 9 nitrogen and oxygen atoms in total. The van der Waals surface area contributed by atoms with Crippen molar-refractivity contribution in [3.8, 4) is 0 Å². The van der Waals surface area contributed by atoms with Crippen LogP contribution < -0.4 is 10.2 Å². The van der Waals surface area contributed by atoms with Gasteiger partial charge >= 0.3 is 0 Å². The lowest BCUT2D eigenvalue weighted by Gasteiger charge is -2.26. The van der Waals surface area contributed by atoms with Gasteiger partial charge in [-0.1, -0.05) is 17.7 Å². The predicted molar refractivity (Wildman–Crippen MR) is 128 cm³/mol. The van der Waals surface area contributed by atoms with Crippen LogP contribution in [0.1, 0.15) is 12.1 Å². The summed E-state index contributed by atoms with van der Waals surface area (Å²) in [4.78, 5) is 19.3. The third kappa shape index (κ3) is 4.31. The fourth-order valence-corrected chi connectivity index (χ4v) is 4.48. The summed E-state index contributed by atoms with van der Waals surface area (Å²) in [6.45, 7) is 1.37. The van der Waals surface area contributed by atoms with Crippen LogP contribution in [0.15, 0.2) is 60.2 Å². The third-order valence-corrected chi connectivity index (χ3v) is 6.78. The fraction of sp³-hybridized carbons (Fsp3) is 0.182. The molecule has 0 aliphatic carbocycles. The van der Waals surface area contributed by atoms with Gasteiger partial charge in [0.1, 0.15) is 5.82 Å². The number of rotatable bonds is 5. The van der Waals surface area contributed by atoms with E-state index in [2.05, 4.69) is 36.2 Å². The summed E-state index contributed by atoms with van der Waals surface area (Å²) in [6, 6.07) is 3.70. The number of anilines is 3. The summed E-state index contributed by atoms with van der Waals surface area (Å²) >= 11 is 5.87. The van der Waals surface area contributed by atoms with Crippen molar-refractivity contribution in [3.05, 3.63) is 71.8 Å². The number of halogens is 2. The van der Waals surface area contributed by atoms with Gasteiger partial charge in [0.05, 0.1) is 39.9 Å². The summed E-state index contributed by atoms with van der Waals surface area (Å²) in [7, 11) is -3.51. The molecule has 1 aliphatic heterocycles. The minimum Gasteiger partial charge on any atom is -0.337 e. The number of imidazole rings is 1. The molecule has 0 amide bonds. The first-order chi connectivity index (χ1) is 16.3. The van der Waals surface area contributed by atoms with Crippen molar-refractivity contribution in [1.29, 1.82) is 0 Å². The highest BCUT2D eigenvalue weighted by Gasteiger charge is 2.19. The molecule has 174 valence electrons. The Morgan fingerprint density at radius 2 is 1.91 bits per heavy atom. The van der Waals surface area contributed by atoms with Crippen LogP contribution >= 0.6 is 11.6 Å². The molecule has 5 rings (SSSR count). The summed E-state index contributed by atoms with van der Waals surface area (Å²) in [5.41, 5.74) is 2.64. The highest BCUT2D eigenvalue weighted by molar-refractivity contribution is 7.90. The summed E-state index contributed by atoms with van der Waals surface area (Å²) < 4.78 is 39.8. The Bertz CT molecular complexity index is 1520. The number of benzene rings is 1. The molecule has 0 radical (unpaired) electrons. The van der Waals surface area contributed by atoms with Gasteiger partial charge in [-0.05, 0) is 30.2 Å². The van der Waals surface area contributed by atoms with Crippen LogP contribution in [-0.2, 0) is 9.84 Å². The molecule has 12 heteroatoms. The molecular weight excluding hydrogens is 481 g/mol. The minimum atomic E-state index is -3.51. The molecule has 34 heavy (non-hydrogen) atoms. The highest BCUT2D eigenvalue weighted by atomic mass is 35.5. The number of hydrogen-bond donors (Lipinski definition) is 1. The van der Waals surface area contributed by atoms with E-state index >= 15 is 0 Å². The van der Waals surface area contributed by atoms with Crippen LogP contribution in [-0.4, -0.2) is 52.1 Å². The lowest BCUT2D eigenvalue weighted by molar-refractivity contribution is 0.596. The molecular formula is C22H19ClFN7O2S. The zero-order valence-corrected chi connectivity index (χ0v) is 19.6. The summed E-state index contributed by atoms with van der Waals surface area (Å²) in [5.74, 6) is 0.280. The zero-order valence-electron chi connectivity index (χ0n) is 18.0. The predicted octanol–water partition coefficient (Wildman–Crippen LogP) is 3.75. The highest BCUT2D eigenvalue weighted by Crippen LogP contribution is 2.28. The van der Waals surface area contributed by atoms with Crippen LogP contribution in [0.4, 0.5) is 21.8 Å². The quantitative estimate of drug-likeness (QED) is 0.442. The Morgan fingerprint density at radius 1 is 1.12 bits per heavy atom. The van der Waals surface area contributed by atoms with Gasteiger partial charge < -0.3 is 10.2 Å². The van der Waals surface area contributed by atoms with E-state index in [1.54, 1.807) is 31.0 Å². The number of nitrogens with one attached hydrogen (secondary N) is 1. The molecule has 4 aromatic rings. The van der Waals surface area contributed by atoms with Gasteiger partial charge in [-0.2, -0.15) is 0 Å². The molecule has 0 saturated heterocycles. The fourth-order valence-electron chi connectivity index (χ4n) is 3.75. The Labute approximate surface area is 199 Å². The van der Waals surface area contributed by atoms with E-state index in [0.717, 1.165) is 36.6 Å². The van der Waals surface area contributed by atoms with Gasteiger partial charge in [-0.25, -0.2) is 32.7 Å². The van der Waals surface area contributed by atoms with Crippen molar-refractivity contribution in [2.24, 2.45) is 0 Å². The molecule has 0 spiro atoms. The molecule has 0 atom stereocenters. The Morgan fingerprint density at radius 3 is 2.59 bits per heavy atom. The first-order valence-corrected chi connectivity index (χ1v) is 12.6. The number of nitrogens with zero attached hydrogens (tertiary/aromatic N) is 6. The molecule has 4 heterocycles. The van der Waals surface area contributed by atoms with Crippen molar-refractivity contribution in [1.82, 2.24) is 24.3 Å². The van der Waals surface area contributed by atoms with E-state index in [9.17, 15) is 12.8 Å². The van der Waals surface area contributed by atoms with Crippen LogP contribution in [0.2, 0.25) is 5.02 Å². The maximum atomic E-state index is 14.5. The zero-order chi connectivity index (χ0) is 23.9. The Hall–Kier alpha value is -3.57. The molecule has 3 aromatic heterocycles. The van der Waals surface area contributed by atoms with Crippen molar-refractivity contribution in [2.75, 3.05) is 29.6 Å². The monoisotopic (exact) mass is 499 g/mol. The first kappa shape index (κ1) is 22.2. The average Bonchev–Trinajstić information content (AvgIpc) is 3.25. The molecule has 0 unspecified atom stereocenters. The van der Waals surface area contributed by atoms with Gasteiger partial charge in [0.15, 0.2) is 21.3 Å². The summed E-state index contributed by atoms with van der Waals surface area (Å²) in [6.07, 6.45) is 12.2. The van der Waals surface area contributed by atoms with E-state index in [-0.39, 0.29) is 10.6 Å². The topological polar surface area (TPSA) is 105 Å². The van der Waals surface area contributed by atoms with Gasteiger partial charge in [-0.15, -0.1) is 0 Å². The second kappa shape index (κ2) is 8.65. The smallest absolute Gasteiger partial charge is 0.225 e. The molecule has 0 bridgehead atoms. The van der Waals surface area contributed by atoms with Crippen molar-refractivity contribution in [2.45, 2.75) is 11.3 Å². The van der Waals surface area contributed by atoms with E-state index in [4.69, 9.17) is 11.6 Å². The largest absolute Gasteiger partial charge is 0.337 e. The van der Waals surface area contributed by atoms with Crippen LogP contribution in [0, 0.1) is 5.82 Å². The molecule has 1 N–H and O–H groups in total. The normalized spacial score (nSPS) is 14.3. The maximum Gasteiger partial charge on any atom is 0.225 e. The molecule has 1 aromatic carbocycles. The first-order valence-electron chi connectivity index (χ1n) is 10.3. The van der Waals surface area contributed by atoms with Crippen molar-refractivity contribution in [3.63, 3.8) is 0 Å². The minimum absolute atomic E-state index is 0.0907. The summed E-state index contributed by atoms with van der Waals surface area (Å²) in [5, 5.41) is 3.42. The van der Waals surface area contributed by atoms with E-state index in [1.165, 1.54) is 12.1 Å². The standard InChI is InChI=1S/C22H19ClFN7O2S/c1-34(32,33)16-2-3-18(17(24)10-16)29-20-21-26-13-19(31(21)9-6-25-20)14-4-7-30(8-5-14)22-27-11-15(23)12-28-22/h2-4,6,9-13H,5,7-8H2,1H3,(H,25,29). The van der Waals surface area contributed by atoms with E-state index in [0.29, 0.717) is 29.0 Å². The Kier molecular flexibility index (Phi) is 5.66. The lowest BCUT2D eigenvalue weighted by Crippen LogP contribution is -2.29. The molecule has 0 fully saturated rings. The van der Waals surface area contributed by atoms with E-state index in [1.807, 2.05) is 4.40 Å². The number of fused-ring (bicyclic) bond motifs is 1. The second-order valence-electron chi connectivity index (χ2n) is 7.78. The number of sulfone groups is 1. The van der Waals surface area contributed by atoms with Crippen LogP contribution in [0.3, 0.4) is 0 Å². The molecule has 1 aliphatic rings. The van der Waals surface area contributed by atoms with Gasteiger partial charge in [0.25, 0.3) is 0 Å². The van der Waals surface area contributed by atoms with Crippen LogP contribution in [0.25, 0.3) is 11.2 Å². The van der Waals surface area contributed by atoms with E-state index < -0.39 is 15.7 Å². The Balaban J connectivity index is 1.40. The second-order valence-corrected chi connectivity index (χ2v) is 10.2. The average molecular weight is 500 g/mol.